The van der Waals surface area contributed by atoms with Gasteiger partial charge in [-0.1, -0.05) is 48.0 Å². The molecule has 0 fully saturated rings. The maximum atomic E-state index is 12.8. The lowest BCUT2D eigenvalue weighted by atomic mass is 10.1. The summed E-state index contributed by atoms with van der Waals surface area (Å²) in [6.45, 7) is -0.184. The number of methoxy groups -OCH3 is 1. The molecular weight excluding hydrogens is 402 g/mol. The van der Waals surface area contributed by atoms with E-state index in [1.807, 2.05) is 30.3 Å². The van der Waals surface area contributed by atoms with Crippen LogP contribution in [0.2, 0.25) is 5.02 Å². The van der Waals surface area contributed by atoms with Gasteiger partial charge >= 0.3 is 5.69 Å². The molecule has 1 amide bonds. The number of nitrogens with zero attached hydrogens (tertiary/aromatic N) is 2. The van der Waals surface area contributed by atoms with E-state index in [0.29, 0.717) is 33.1 Å². The van der Waals surface area contributed by atoms with Gasteiger partial charge in [-0.2, -0.15) is 4.98 Å². The van der Waals surface area contributed by atoms with E-state index >= 15 is 0 Å². The first-order chi connectivity index (χ1) is 14.5. The predicted molar refractivity (Wildman–Crippen MR) is 118 cm³/mol. The van der Waals surface area contributed by atoms with Gasteiger partial charge in [-0.3, -0.25) is 9.36 Å². The lowest BCUT2D eigenvalue weighted by Gasteiger charge is -2.13. The second-order valence-corrected chi connectivity index (χ2v) is 7.07. The summed E-state index contributed by atoms with van der Waals surface area (Å²) in [5.41, 5.74) is 1.98. The third kappa shape index (κ3) is 4.04. The van der Waals surface area contributed by atoms with Crippen LogP contribution in [0.5, 0.6) is 5.75 Å². The van der Waals surface area contributed by atoms with Crippen molar-refractivity contribution in [2.24, 2.45) is 0 Å². The Morgan fingerprint density at radius 2 is 1.87 bits per heavy atom. The zero-order chi connectivity index (χ0) is 21.1. The molecule has 1 heterocycles. The van der Waals surface area contributed by atoms with E-state index in [2.05, 4.69) is 10.3 Å². The van der Waals surface area contributed by atoms with Crippen LogP contribution in [0.1, 0.15) is 0 Å². The number of nitrogens with one attached hydrogen (secondary N) is 1. The second kappa shape index (κ2) is 8.39. The standard InChI is InChI=1S/C23H18ClN3O3/c1-30-18-9-5-8-17(13-18)25-21(28)14-27-20-11-10-16(24)12-19(20)22(26-23(27)29)15-6-3-2-4-7-15/h2-13H,14H2,1H3,(H,25,28). The highest BCUT2D eigenvalue weighted by molar-refractivity contribution is 6.31. The molecule has 0 saturated heterocycles. The first kappa shape index (κ1) is 19.7. The molecule has 0 saturated carbocycles. The average Bonchev–Trinajstić information content (AvgIpc) is 2.76. The van der Waals surface area contributed by atoms with Crippen LogP contribution in [0.15, 0.2) is 77.6 Å². The zero-order valence-electron chi connectivity index (χ0n) is 16.1. The molecule has 0 radical (unpaired) electrons. The number of aromatic nitrogens is 2. The molecule has 0 bridgehead atoms. The first-order valence-electron chi connectivity index (χ1n) is 9.24. The number of carbonyl (C=O) groups is 1. The molecule has 150 valence electrons. The van der Waals surface area contributed by atoms with Crippen molar-refractivity contribution in [2.45, 2.75) is 6.54 Å². The zero-order valence-corrected chi connectivity index (χ0v) is 16.9. The molecule has 0 atom stereocenters. The number of carbonyl (C=O) groups excluding carboxylic acids is 1. The van der Waals surface area contributed by atoms with E-state index in [4.69, 9.17) is 16.3 Å². The Balaban J connectivity index is 1.73. The summed E-state index contributed by atoms with van der Waals surface area (Å²) in [5, 5.41) is 4.00. The molecule has 7 heteroatoms. The maximum Gasteiger partial charge on any atom is 0.349 e. The molecule has 0 aliphatic carbocycles. The summed E-state index contributed by atoms with van der Waals surface area (Å²) in [4.78, 5) is 29.7. The summed E-state index contributed by atoms with van der Waals surface area (Å²) in [6.07, 6.45) is 0. The van der Waals surface area contributed by atoms with E-state index in [9.17, 15) is 9.59 Å². The fourth-order valence-electron chi connectivity index (χ4n) is 3.27. The Hall–Kier alpha value is -3.64. The van der Waals surface area contributed by atoms with Crippen LogP contribution in [0.3, 0.4) is 0 Å². The Morgan fingerprint density at radius 3 is 2.63 bits per heavy atom. The van der Waals surface area contributed by atoms with Gasteiger partial charge in [0.15, 0.2) is 0 Å². The Kier molecular flexibility index (Phi) is 5.50. The van der Waals surface area contributed by atoms with Crippen molar-refractivity contribution in [3.63, 3.8) is 0 Å². The molecule has 4 rings (SSSR count). The molecule has 0 aliphatic heterocycles. The number of benzene rings is 3. The highest BCUT2D eigenvalue weighted by Crippen LogP contribution is 2.27. The SMILES string of the molecule is COc1cccc(NC(=O)Cn2c(=O)nc(-c3ccccc3)c3cc(Cl)ccc32)c1. The largest absolute Gasteiger partial charge is 0.497 e. The summed E-state index contributed by atoms with van der Waals surface area (Å²) >= 11 is 6.21. The minimum atomic E-state index is -0.510. The summed E-state index contributed by atoms with van der Waals surface area (Å²) in [5.74, 6) is 0.273. The average molecular weight is 420 g/mol. The molecule has 4 aromatic rings. The third-order valence-corrected chi connectivity index (χ3v) is 4.88. The van der Waals surface area contributed by atoms with E-state index < -0.39 is 5.69 Å². The van der Waals surface area contributed by atoms with Gasteiger partial charge in [-0.25, -0.2) is 4.79 Å². The van der Waals surface area contributed by atoms with E-state index in [-0.39, 0.29) is 12.5 Å². The third-order valence-electron chi connectivity index (χ3n) is 4.65. The summed E-state index contributed by atoms with van der Waals surface area (Å²) in [6, 6.07) is 21.6. The number of rotatable bonds is 5. The number of amides is 1. The lowest BCUT2D eigenvalue weighted by Crippen LogP contribution is -2.30. The van der Waals surface area contributed by atoms with Gasteiger partial charge in [0.2, 0.25) is 5.91 Å². The molecule has 30 heavy (non-hydrogen) atoms. The second-order valence-electron chi connectivity index (χ2n) is 6.64. The van der Waals surface area contributed by atoms with E-state index in [1.165, 1.54) is 4.57 Å². The van der Waals surface area contributed by atoms with Crippen molar-refractivity contribution in [3.05, 3.63) is 88.3 Å². The fourth-order valence-corrected chi connectivity index (χ4v) is 3.44. The van der Waals surface area contributed by atoms with Crippen molar-refractivity contribution in [1.29, 1.82) is 0 Å². The number of hydrogen-bond acceptors (Lipinski definition) is 4. The van der Waals surface area contributed by atoms with Crippen molar-refractivity contribution < 1.29 is 9.53 Å². The van der Waals surface area contributed by atoms with Gasteiger partial charge in [-0.15, -0.1) is 0 Å². The highest BCUT2D eigenvalue weighted by Gasteiger charge is 2.15. The summed E-state index contributed by atoms with van der Waals surface area (Å²) < 4.78 is 6.51. The van der Waals surface area contributed by atoms with Crippen molar-refractivity contribution >= 4 is 34.1 Å². The van der Waals surface area contributed by atoms with Crippen LogP contribution < -0.4 is 15.7 Å². The van der Waals surface area contributed by atoms with E-state index in [0.717, 1.165) is 5.56 Å². The molecule has 1 aromatic heterocycles. The molecular formula is C23H18ClN3O3. The van der Waals surface area contributed by atoms with Crippen LogP contribution in [0, 0.1) is 0 Å². The quantitative estimate of drug-likeness (QED) is 0.521. The van der Waals surface area contributed by atoms with Crippen molar-refractivity contribution in [1.82, 2.24) is 9.55 Å². The molecule has 3 aromatic carbocycles. The Morgan fingerprint density at radius 1 is 1.07 bits per heavy atom. The van der Waals surface area contributed by atoms with Gasteiger partial charge in [0.25, 0.3) is 0 Å². The normalized spacial score (nSPS) is 10.7. The minimum absolute atomic E-state index is 0.184. The van der Waals surface area contributed by atoms with Gasteiger partial charge in [0, 0.05) is 27.7 Å². The minimum Gasteiger partial charge on any atom is -0.497 e. The maximum absolute atomic E-state index is 12.8. The highest BCUT2D eigenvalue weighted by atomic mass is 35.5. The molecule has 0 spiro atoms. The number of fused-ring (bicyclic) bond motifs is 1. The molecule has 1 N–H and O–H groups in total. The number of halogens is 1. The predicted octanol–water partition coefficient (Wildman–Crippen LogP) is 4.36. The van der Waals surface area contributed by atoms with Crippen LogP contribution in [-0.2, 0) is 11.3 Å². The Labute approximate surface area is 177 Å². The first-order valence-corrected chi connectivity index (χ1v) is 9.62. The van der Waals surface area contributed by atoms with Gasteiger partial charge in [-0.05, 0) is 30.3 Å². The van der Waals surface area contributed by atoms with Crippen molar-refractivity contribution in [2.75, 3.05) is 12.4 Å². The van der Waals surface area contributed by atoms with Crippen LogP contribution in [0.25, 0.3) is 22.2 Å². The van der Waals surface area contributed by atoms with Crippen molar-refractivity contribution in [3.8, 4) is 17.0 Å². The lowest BCUT2D eigenvalue weighted by molar-refractivity contribution is -0.116. The summed E-state index contributed by atoms with van der Waals surface area (Å²) in [7, 11) is 1.55. The van der Waals surface area contributed by atoms with Crippen LogP contribution in [0.4, 0.5) is 5.69 Å². The number of anilines is 1. The van der Waals surface area contributed by atoms with Crippen LogP contribution in [-0.4, -0.2) is 22.6 Å². The monoisotopic (exact) mass is 419 g/mol. The topological polar surface area (TPSA) is 73.2 Å². The van der Waals surface area contributed by atoms with E-state index in [1.54, 1.807) is 49.6 Å². The molecule has 0 aliphatic rings. The molecule has 6 nitrogen and oxygen atoms in total. The Bertz CT molecular complexity index is 1290. The fraction of sp³-hybridized carbons (Fsp3) is 0.0870. The molecule has 0 unspecified atom stereocenters. The van der Waals surface area contributed by atoms with Gasteiger partial charge in [0.05, 0.1) is 18.3 Å². The number of hydrogen-bond donors (Lipinski definition) is 1. The smallest absolute Gasteiger partial charge is 0.349 e. The number of ether oxygens (including phenoxy) is 1. The van der Waals surface area contributed by atoms with Gasteiger partial charge in [0.1, 0.15) is 12.3 Å². The van der Waals surface area contributed by atoms with Crippen LogP contribution >= 0.6 is 11.6 Å². The van der Waals surface area contributed by atoms with Gasteiger partial charge < -0.3 is 10.1 Å².